The molecule has 1 aliphatic carbocycles. The third-order valence-electron chi connectivity index (χ3n) is 4.51. The lowest BCUT2D eigenvalue weighted by Gasteiger charge is -2.32. The fourth-order valence-corrected chi connectivity index (χ4v) is 3.00. The Kier molecular flexibility index (Phi) is 4.37. The van der Waals surface area contributed by atoms with Crippen LogP contribution in [0.5, 0.6) is 0 Å². The van der Waals surface area contributed by atoms with Gasteiger partial charge in [0.1, 0.15) is 5.69 Å². The molecule has 0 radical (unpaired) electrons. The van der Waals surface area contributed by atoms with E-state index in [1.165, 1.54) is 6.07 Å². The zero-order valence-electron chi connectivity index (χ0n) is 13.2. The maximum absolute atomic E-state index is 12.1. The van der Waals surface area contributed by atoms with Crippen molar-refractivity contribution in [3.63, 3.8) is 0 Å². The first-order valence-electron chi connectivity index (χ1n) is 8.09. The van der Waals surface area contributed by atoms with Gasteiger partial charge in [0.05, 0.1) is 10.8 Å². The number of hydrogen-bond donors (Lipinski definition) is 2. The van der Waals surface area contributed by atoms with Crippen LogP contribution >= 0.6 is 0 Å². The van der Waals surface area contributed by atoms with Crippen LogP contribution in [0.4, 0.5) is 11.4 Å². The third-order valence-corrected chi connectivity index (χ3v) is 4.51. The van der Waals surface area contributed by atoms with E-state index in [-0.39, 0.29) is 35.0 Å². The van der Waals surface area contributed by atoms with Crippen LogP contribution in [-0.2, 0) is 4.79 Å². The van der Waals surface area contributed by atoms with Crippen molar-refractivity contribution in [3.05, 3.63) is 33.9 Å². The third kappa shape index (κ3) is 3.47. The molecule has 0 unspecified atom stereocenters. The predicted molar refractivity (Wildman–Crippen MR) is 87.7 cm³/mol. The summed E-state index contributed by atoms with van der Waals surface area (Å²) >= 11 is 0. The van der Waals surface area contributed by atoms with Gasteiger partial charge in [0, 0.05) is 30.8 Å². The number of piperidine rings is 1. The van der Waals surface area contributed by atoms with Crippen LogP contribution in [-0.4, -0.2) is 35.9 Å². The number of nitro groups is 1. The van der Waals surface area contributed by atoms with E-state index < -0.39 is 4.92 Å². The lowest BCUT2D eigenvalue weighted by atomic mass is 9.96. The normalized spacial score (nSPS) is 20.5. The number of hydrogen-bond acceptors (Lipinski definition) is 5. The molecular weight excluding hydrogens is 312 g/mol. The molecule has 2 aliphatic rings. The maximum Gasteiger partial charge on any atom is 0.293 e. The van der Waals surface area contributed by atoms with Crippen molar-refractivity contribution in [2.24, 2.45) is 11.7 Å². The van der Waals surface area contributed by atoms with Crippen molar-refractivity contribution >= 4 is 23.2 Å². The number of amides is 2. The van der Waals surface area contributed by atoms with Gasteiger partial charge >= 0.3 is 0 Å². The maximum atomic E-state index is 12.1. The second-order valence-electron chi connectivity index (χ2n) is 6.40. The molecule has 3 rings (SSSR count). The molecule has 0 spiro atoms. The number of rotatable bonds is 5. The van der Waals surface area contributed by atoms with Crippen LogP contribution < -0.4 is 16.0 Å². The van der Waals surface area contributed by atoms with Gasteiger partial charge in [-0.1, -0.05) is 0 Å². The Balaban J connectivity index is 1.85. The Morgan fingerprint density at radius 2 is 2.04 bits per heavy atom. The highest BCUT2D eigenvalue weighted by Gasteiger charge is 2.29. The zero-order chi connectivity index (χ0) is 17.3. The summed E-state index contributed by atoms with van der Waals surface area (Å²) in [4.78, 5) is 36.3. The fraction of sp³-hybridized carbons (Fsp3) is 0.500. The molecule has 1 aromatic rings. The number of primary amides is 1. The van der Waals surface area contributed by atoms with Crippen LogP contribution in [0, 0.1) is 16.0 Å². The van der Waals surface area contributed by atoms with Crippen molar-refractivity contribution in [1.29, 1.82) is 0 Å². The predicted octanol–water partition coefficient (Wildman–Crippen LogP) is 1.19. The highest BCUT2D eigenvalue weighted by Crippen LogP contribution is 2.32. The van der Waals surface area contributed by atoms with E-state index in [9.17, 15) is 19.7 Å². The summed E-state index contributed by atoms with van der Waals surface area (Å²) < 4.78 is 0. The van der Waals surface area contributed by atoms with Crippen molar-refractivity contribution < 1.29 is 14.5 Å². The smallest absolute Gasteiger partial charge is 0.293 e. The standard InChI is InChI=1S/C16H20N4O4/c17-15(21)11-2-1-7-19(9-11)13-6-3-10(8-14(13)20(23)24)16(22)18-12-4-5-12/h3,6,8,11-12H,1-2,4-5,7,9H2,(H2,17,21)(H,18,22)/t11-/m1/s1. The summed E-state index contributed by atoms with van der Waals surface area (Å²) in [6, 6.07) is 4.67. The number of nitrogens with one attached hydrogen (secondary N) is 1. The largest absolute Gasteiger partial charge is 0.369 e. The molecule has 1 saturated carbocycles. The van der Waals surface area contributed by atoms with Gasteiger partial charge < -0.3 is 16.0 Å². The molecule has 3 N–H and O–H groups in total. The number of benzene rings is 1. The zero-order valence-corrected chi connectivity index (χ0v) is 13.2. The van der Waals surface area contributed by atoms with Gasteiger partial charge in [0.2, 0.25) is 5.91 Å². The minimum Gasteiger partial charge on any atom is -0.369 e. The van der Waals surface area contributed by atoms with Gasteiger partial charge in [-0.25, -0.2) is 0 Å². The molecule has 8 heteroatoms. The first-order valence-corrected chi connectivity index (χ1v) is 8.09. The van der Waals surface area contributed by atoms with Gasteiger partial charge in [0.25, 0.3) is 11.6 Å². The van der Waals surface area contributed by atoms with Crippen molar-refractivity contribution in [2.45, 2.75) is 31.7 Å². The molecule has 1 aliphatic heterocycles. The topological polar surface area (TPSA) is 119 Å². The Hall–Kier alpha value is -2.64. The number of carbonyl (C=O) groups is 2. The average Bonchev–Trinajstić information content (AvgIpc) is 3.38. The molecule has 1 atom stereocenters. The molecule has 1 aromatic carbocycles. The number of nitro benzene ring substituents is 1. The van der Waals surface area contributed by atoms with E-state index in [1.807, 2.05) is 0 Å². The van der Waals surface area contributed by atoms with Crippen LogP contribution in [0.2, 0.25) is 0 Å². The minimum absolute atomic E-state index is 0.122. The minimum atomic E-state index is -0.489. The van der Waals surface area contributed by atoms with Gasteiger partial charge in [-0.3, -0.25) is 19.7 Å². The van der Waals surface area contributed by atoms with Crippen LogP contribution in [0.15, 0.2) is 18.2 Å². The van der Waals surface area contributed by atoms with Crippen molar-refractivity contribution in [3.8, 4) is 0 Å². The molecular formula is C16H20N4O4. The summed E-state index contributed by atoms with van der Waals surface area (Å²) in [5, 5.41) is 14.3. The van der Waals surface area contributed by atoms with E-state index in [1.54, 1.807) is 17.0 Å². The molecule has 1 heterocycles. The second kappa shape index (κ2) is 6.46. The van der Waals surface area contributed by atoms with E-state index in [4.69, 9.17) is 5.73 Å². The number of carbonyl (C=O) groups excluding carboxylic acids is 2. The van der Waals surface area contributed by atoms with E-state index in [2.05, 4.69) is 5.32 Å². The number of nitrogens with two attached hydrogens (primary N) is 1. The summed E-state index contributed by atoms with van der Waals surface area (Å²) in [5.41, 5.74) is 5.95. The molecule has 1 saturated heterocycles. The van der Waals surface area contributed by atoms with Gasteiger partial charge in [-0.2, -0.15) is 0 Å². The molecule has 2 fully saturated rings. The lowest BCUT2D eigenvalue weighted by Crippen LogP contribution is -2.41. The molecule has 2 amide bonds. The molecule has 0 bridgehead atoms. The molecule has 8 nitrogen and oxygen atoms in total. The van der Waals surface area contributed by atoms with Crippen LogP contribution in [0.1, 0.15) is 36.0 Å². The first-order chi connectivity index (χ1) is 11.5. The Morgan fingerprint density at radius 1 is 1.29 bits per heavy atom. The molecule has 128 valence electrons. The summed E-state index contributed by atoms with van der Waals surface area (Å²) in [6.45, 7) is 0.988. The van der Waals surface area contributed by atoms with E-state index >= 15 is 0 Å². The van der Waals surface area contributed by atoms with Gasteiger partial charge in [-0.15, -0.1) is 0 Å². The summed E-state index contributed by atoms with van der Waals surface area (Å²) in [6.07, 6.45) is 3.35. The second-order valence-corrected chi connectivity index (χ2v) is 6.40. The Labute approximate surface area is 139 Å². The van der Waals surface area contributed by atoms with E-state index in [0.29, 0.717) is 25.2 Å². The first kappa shape index (κ1) is 16.2. The van der Waals surface area contributed by atoms with Crippen LogP contribution in [0.3, 0.4) is 0 Å². The number of anilines is 1. The van der Waals surface area contributed by atoms with E-state index in [0.717, 1.165) is 19.3 Å². The highest BCUT2D eigenvalue weighted by molar-refractivity contribution is 5.96. The SMILES string of the molecule is NC(=O)[C@@H]1CCCN(c2ccc(C(=O)NC3CC3)cc2[N+](=O)[O-])C1. The summed E-state index contributed by atoms with van der Waals surface area (Å²) in [7, 11) is 0. The fourth-order valence-electron chi connectivity index (χ4n) is 3.00. The lowest BCUT2D eigenvalue weighted by molar-refractivity contribution is -0.384. The van der Waals surface area contributed by atoms with Crippen LogP contribution in [0.25, 0.3) is 0 Å². The molecule has 24 heavy (non-hydrogen) atoms. The quantitative estimate of drug-likeness (QED) is 0.620. The van der Waals surface area contributed by atoms with Gasteiger partial charge in [0.15, 0.2) is 0 Å². The average molecular weight is 332 g/mol. The van der Waals surface area contributed by atoms with Crippen molar-refractivity contribution in [2.75, 3.05) is 18.0 Å². The monoisotopic (exact) mass is 332 g/mol. The molecule has 0 aromatic heterocycles. The Morgan fingerprint density at radius 3 is 2.67 bits per heavy atom. The number of nitrogens with zero attached hydrogens (tertiary/aromatic N) is 2. The van der Waals surface area contributed by atoms with Crippen molar-refractivity contribution in [1.82, 2.24) is 5.32 Å². The Bertz CT molecular complexity index is 687. The summed E-state index contributed by atoms with van der Waals surface area (Å²) in [5.74, 6) is -0.986. The highest BCUT2D eigenvalue weighted by atomic mass is 16.6. The van der Waals surface area contributed by atoms with Gasteiger partial charge in [-0.05, 0) is 37.8 Å².